The fourth-order valence-electron chi connectivity index (χ4n) is 4.34. The molecule has 4 fully saturated rings. The summed E-state index contributed by atoms with van der Waals surface area (Å²) in [6.45, 7) is 4.04. The third-order valence-corrected chi connectivity index (χ3v) is 6.66. The number of rotatable bonds is 3. The van der Waals surface area contributed by atoms with Gasteiger partial charge in [-0.05, 0) is 63.5 Å². The minimum atomic E-state index is -5.08. The topological polar surface area (TPSA) is 78.9 Å². The number of hydrogen-bond donors (Lipinski definition) is 2. The molecule has 2 saturated carbocycles. The van der Waals surface area contributed by atoms with Crippen molar-refractivity contribution in [1.82, 2.24) is 10.2 Å². The van der Waals surface area contributed by atoms with Gasteiger partial charge in [-0.1, -0.05) is 6.42 Å². The molecular weight excluding hydrogens is 377 g/mol. The van der Waals surface area contributed by atoms with Crippen molar-refractivity contribution in [3.8, 4) is 0 Å². The second kappa shape index (κ2) is 8.57. The van der Waals surface area contributed by atoms with E-state index >= 15 is 0 Å². The number of carboxylic acids is 1. The van der Waals surface area contributed by atoms with Crippen LogP contribution in [0.1, 0.15) is 51.4 Å². The van der Waals surface area contributed by atoms with Crippen LogP contribution in [0.25, 0.3) is 0 Å². The average Bonchev–Trinajstić information content (AvgIpc) is 3.42. The van der Waals surface area contributed by atoms with Crippen molar-refractivity contribution in [1.29, 1.82) is 0 Å². The zero-order chi connectivity index (χ0) is 20.4. The van der Waals surface area contributed by atoms with Gasteiger partial charge < -0.3 is 20.1 Å². The molecule has 2 N–H and O–H groups in total. The number of carbonyl (C=O) groups excluding carboxylic acids is 1. The van der Waals surface area contributed by atoms with Gasteiger partial charge >= 0.3 is 12.1 Å². The first-order valence-corrected chi connectivity index (χ1v) is 10.1. The molecule has 2 aliphatic heterocycles. The van der Waals surface area contributed by atoms with Crippen LogP contribution in [0, 0.1) is 11.3 Å². The number of halogens is 3. The number of nitrogens with zero attached hydrogens (tertiary/aromatic N) is 1. The van der Waals surface area contributed by atoms with Crippen LogP contribution in [-0.2, 0) is 14.3 Å². The van der Waals surface area contributed by atoms with Crippen molar-refractivity contribution in [2.45, 2.75) is 69.6 Å². The smallest absolute Gasteiger partial charge is 0.475 e. The fourth-order valence-corrected chi connectivity index (χ4v) is 4.34. The summed E-state index contributed by atoms with van der Waals surface area (Å²) in [5.41, 5.74) is 0.309. The van der Waals surface area contributed by atoms with Crippen molar-refractivity contribution >= 4 is 11.9 Å². The molecule has 2 heterocycles. The van der Waals surface area contributed by atoms with Crippen molar-refractivity contribution < 1.29 is 32.6 Å². The Bertz CT molecular complexity index is 568. The molecule has 0 aromatic heterocycles. The van der Waals surface area contributed by atoms with Crippen LogP contribution >= 0.6 is 0 Å². The van der Waals surface area contributed by atoms with Gasteiger partial charge in [0, 0.05) is 18.6 Å². The Morgan fingerprint density at radius 1 is 1.07 bits per heavy atom. The maximum Gasteiger partial charge on any atom is 0.490 e. The second-order valence-electron chi connectivity index (χ2n) is 8.45. The van der Waals surface area contributed by atoms with Crippen molar-refractivity contribution in [3.63, 3.8) is 0 Å². The first-order chi connectivity index (χ1) is 13.2. The minimum absolute atomic E-state index is 0.253. The zero-order valence-electron chi connectivity index (χ0n) is 16.0. The highest BCUT2D eigenvalue weighted by molar-refractivity contribution is 5.81. The monoisotopic (exact) mass is 406 g/mol. The van der Waals surface area contributed by atoms with Crippen LogP contribution < -0.4 is 5.32 Å². The van der Waals surface area contributed by atoms with E-state index in [1.807, 2.05) is 0 Å². The molecule has 0 radical (unpaired) electrons. The van der Waals surface area contributed by atoms with E-state index in [1.165, 1.54) is 45.2 Å². The number of likely N-dealkylation sites (tertiary alicyclic amines) is 1. The summed E-state index contributed by atoms with van der Waals surface area (Å²) in [7, 11) is 0. The van der Waals surface area contributed by atoms with E-state index < -0.39 is 12.1 Å². The Labute approximate surface area is 162 Å². The van der Waals surface area contributed by atoms with Crippen LogP contribution in [0.2, 0.25) is 0 Å². The quantitative estimate of drug-likeness (QED) is 0.753. The van der Waals surface area contributed by atoms with E-state index in [2.05, 4.69) is 10.2 Å². The van der Waals surface area contributed by atoms with Crippen LogP contribution in [0.5, 0.6) is 0 Å². The molecule has 4 aliphatic rings. The van der Waals surface area contributed by atoms with Crippen molar-refractivity contribution in [2.24, 2.45) is 11.3 Å². The molecule has 0 aromatic rings. The lowest BCUT2D eigenvalue weighted by atomic mass is 9.68. The highest BCUT2D eigenvalue weighted by Crippen LogP contribution is 2.43. The number of carbonyl (C=O) groups is 2. The Morgan fingerprint density at radius 3 is 2.14 bits per heavy atom. The Balaban J connectivity index is 0.000000279. The number of aliphatic carboxylic acids is 1. The largest absolute Gasteiger partial charge is 0.490 e. The molecule has 2 aliphatic carbocycles. The number of piperidine rings is 1. The molecule has 28 heavy (non-hydrogen) atoms. The second-order valence-corrected chi connectivity index (χ2v) is 8.45. The summed E-state index contributed by atoms with van der Waals surface area (Å²) in [5.74, 6) is -2.17. The predicted octanol–water partition coefficient (Wildman–Crippen LogP) is 2.57. The molecule has 1 atom stereocenters. The number of ether oxygens (including phenoxy) is 1. The van der Waals surface area contributed by atoms with Gasteiger partial charge in [-0.25, -0.2) is 4.79 Å². The number of hydrogen-bond acceptors (Lipinski definition) is 4. The van der Waals surface area contributed by atoms with Gasteiger partial charge in [0.1, 0.15) is 0 Å². The number of alkyl halides is 3. The third kappa shape index (κ3) is 5.17. The fraction of sp³-hybridized carbons (Fsp3) is 0.895. The van der Waals surface area contributed by atoms with Gasteiger partial charge in [0.05, 0.1) is 12.6 Å². The normalized spacial score (nSPS) is 28.0. The maximum absolute atomic E-state index is 12.2. The van der Waals surface area contributed by atoms with Gasteiger partial charge in [-0.3, -0.25) is 4.79 Å². The summed E-state index contributed by atoms with van der Waals surface area (Å²) >= 11 is 0. The Morgan fingerprint density at radius 2 is 1.68 bits per heavy atom. The predicted molar refractivity (Wildman–Crippen MR) is 94.7 cm³/mol. The first-order valence-electron chi connectivity index (χ1n) is 10.1. The minimum Gasteiger partial charge on any atom is -0.475 e. The molecule has 4 rings (SSSR count). The number of carboxylic acid groups (broad SMARTS) is 1. The molecule has 6 nitrogen and oxygen atoms in total. The van der Waals surface area contributed by atoms with Gasteiger partial charge in [-0.2, -0.15) is 13.2 Å². The summed E-state index contributed by atoms with van der Waals surface area (Å²) in [5, 5.41) is 10.5. The molecule has 0 bridgehead atoms. The van der Waals surface area contributed by atoms with E-state index in [-0.39, 0.29) is 11.9 Å². The molecule has 2 saturated heterocycles. The first kappa shape index (κ1) is 21.4. The summed E-state index contributed by atoms with van der Waals surface area (Å²) < 4.78 is 37.4. The van der Waals surface area contributed by atoms with Crippen LogP contribution in [0.3, 0.4) is 0 Å². The lowest BCUT2D eigenvalue weighted by molar-refractivity contribution is -0.192. The Kier molecular flexibility index (Phi) is 6.54. The molecule has 160 valence electrons. The number of nitrogens with one attached hydrogen (secondary N) is 1. The number of amides is 1. The van der Waals surface area contributed by atoms with E-state index in [0.29, 0.717) is 11.3 Å². The van der Waals surface area contributed by atoms with Crippen LogP contribution in [0.4, 0.5) is 13.2 Å². The lowest BCUT2D eigenvalue weighted by Gasteiger charge is -2.51. The van der Waals surface area contributed by atoms with Gasteiger partial charge in [0.2, 0.25) is 5.91 Å². The molecule has 0 aromatic carbocycles. The van der Waals surface area contributed by atoms with Crippen LogP contribution in [0.15, 0.2) is 0 Å². The van der Waals surface area contributed by atoms with E-state index in [0.717, 1.165) is 38.5 Å². The van der Waals surface area contributed by atoms with E-state index in [9.17, 15) is 18.0 Å². The molecular formula is C19H29F3N2O4. The standard InChI is InChI=1S/C17H28N2O2.C2HF3O2/c20-16(13-4-5-13)18-15-12-21-11-8-17(15)6-9-19(10-7-17)14-2-1-3-14;3-2(4,5)1(6)7/h13-15H,1-12H2,(H,18,20);(H,6,7). The molecule has 1 spiro atoms. The SMILES string of the molecule is O=C(NC1COCCC12CCN(C1CCC1)CC2)C1CC1.O=C(O)C(F)(F)F. The van der Waals surface area contributed by atoms with E-state index in [1.54, 1.807) is 0 Å². The lowest BCUT2D eigenvalue weighted by Crippen LogP contribution is -2.59. The Hall–Kier alpha value is -1.35. The molecule has 1 unspecified atom stereocenters. The zero-order valence-corrected chi connectivity index (χ0v) is 16.0. The summed E-state index contributed by atoms with van der Waals surface area (Å²) in [4.78, 5) is 23.7. The highest BCUT2D eigenvalue weighted by atomic mass is 19.4. The van der Waals surface area contributed by atoms with E-state index in [4.69, 9.17) is 14.6 Å². The third-order valence-electron chi connectivity index (χ3n) is 6.66. The molecule has 1 amide bonds. The van der Waals surface area contributed by atoms with Gasteiger partial charge in [-0.15, -0.1) is 0 Å². The molecule has 9 heteroatoms. The van der Waals surface area contributed by atoms with Crippen LogP contribution in [-0.4, -0.2) is 66.4 Å². The maximum atomic E-state index is 12.2. The highest BCUT2D eigenvalue weighted by Gasteiger charge is 2.46. The summed E-state index contributed by atoms with van der Waals surface area (Å²) in [6, 6.07) is 1.12. The average molecular weight is 406 g/mol. The van der Waals surface area contributed by atoms with Gasteiger partial charge in [0.15, 0.2) is 0 Å². The van der Waals surface area contributed by atoms with Gasteiger partial charge in [0.25, 0.3) is 0 Å². The van der Waals surface area contributed by atoms with Crippen molar-refractivity contribution in [3.05, 3.63) is 0 Å². The van der Waals surface area contributed by atoms with Crippen molar-refractivity contribution in [2.75, 3.05) is 26.3 Å². The summed E-state index contributed by atoms with van der Waals surface area (Å²) in [6.07, 6.45) is 4.91.